The summed E-state index contributed by atoms with van der Waals surface area (Å²) in [4.78, 5) is 25.1. The summed E-state index contributed by atoms with van der Waals surface area (Å²) in [6.45, 7) is 2.67. The molecule has 1 aromatic carbocycles. The lowest BCUT2D eigenvalue weighted by Crippen LogP contribution is -2.09. The van der Waals surface area contributed by atoms with Gasteiger partial charge >= 0.3 is 0 Å². The summed E-state index contributed by atoms with van der Waals surface area (Å²) in [5, 5.41) is 0.481. The van der Waals surface area contributed by atoms with Crippen molar-refractivity contribution in [3.63, 3.8) is 0 Å². The number of anilines is 1. The van der Waals surface area contributed by atoms with Crippen molar-refractivity contribution in [1.29, 1.82) is 0 Å². The van der Waals surface area contributed by atoms with Crippen molar-refractivity contribution in [2.24, 2.45) is 0 Å². The first-order valence-corrected chi connectivity index (χ1v) is 12.3. The molecule has 0 unspecified atom stereocenters. The second kappa shape index (κ2) is 11.4. The molecule has 0 spiro atoms. The van der Waals surface area contributed by atoms with Crippen LogP contribution < -0.4 is 4.72 Å². The largest absolute Gasteiger partial charge is 0.385 e. The fraction of sp³-hybridized carbons (Fsp3) is 0.269. The number of carbonyl (C=O) groups is 1. The smallest absolute Gasteiger partial charge is 0.201 e. The van der Waals surface area contributed by atoms with Gasteiger partial charge in [0.15, 0.2) is 5.82 Å². The van der Waals surface area contributed by atoms with Crippen LogP contribution in [0.1, 0.15) is 41.4 Å². The average molecular weight is 497 g/mol. The summed E-state index contributed by atoms with van der Waals surface area (Å²) in [6, 6.07) is 8.06. The molecule has 0 aliphatic rings. The zero-order chi connectivity index (χ0) is 24.8. The van der Waals surface area contributed by atoms with Crippen molar-refractivity contribution in [3.05, 3.63) is 77.4 Å². The Kier molecular flexibility index (Phi) is 8.09. The van der Waals surface area contributed by atoms with E-state index in [2.05, 4.69) is 19.7 Å². The normalized spacial score (nSPS) is 11.2. The van der Waals surface area contributed by atoms with Gasteiger partial charge in [-0.3, -0.25) is 9.78 Å². The van der Waals surface area contributed by atoms with Gasteiger partial charge in [0.05, 0.1) is 11.3 Å². The number of pyridine rings is 2. The van der Waals surface area contributed by atoms with Crippen molar-refractivity contribution in [3.8, 4) is 11.1 Å². The van der Waals surface area contributed by atoms with Crippen molar-refractivity contribution >= 4 is 34.5 Å². The summed E-state index contributed by atoms with van der Waals surface area (Å²) in [6.07, 6.45) is 7.44. The summed E-state index contributed by atoms with van der Waals surface area (Å²) in [5.41, 5.74) is 2.60. The number of fused-ring (bicyclic) bond motifs is 1. The quantitative estimate of drug-likeness (QED) is 0.147. The lowest BCUT2D eigenvalue weighted by Gasteiger charge is -2.10. The maximum Gasteiger partial charge on any atom is 0.201 e. The molecule has 0 atom stereocenters. The van der Waals surface area contributed by atoms with E-state index in [9.17, 15) is 9.18 Å². The van der Waals surface area contributed by atoms with Gasteiger partial charge in [-0.05, 0) is 43.5 Å². The van der Waals surface area contributed by atoms with Crippen molar-refractivity contribution in [1.82, 2.24) is 15.0 Å². The first kappa shape index (κ1) is 24.8. The number of H-pyrrole nitrogens is 1. The van der Waals surface area contributed by atoms with Crippen molar-refractivity contribution in [2.75, 3.05) is 24.2 Å². The predicted molar refractivity (Wildman–Crippen MR) is 136 cm³/mol. The van der Waals surface area contributed by atoms with E-state index in [1.54, 1.807) is 25.6 Å². The van der Waals surface area contributed by atoms with Gasteiger partial charge in [-0.1, -0.05) is 24.9 Å². The van der Waals surface area contributed by atoms with Gasteiger partial charge in [0.1, 0.15) is 11.5 Å². The molecule has 0 fully saturated rings. The van der Waals surface area contributed by atoms with Crippen LogP contribution in [-0.2, 0) is 11.2 Å². The third kappa shape index (κ3) is 5.52. The molecule has 35 heavy (non-hydrogen) atoms. The Bertz CT molecular complexity index is 1330. The van der Waals surface area contributed by atoms with Crippen LogP contribution in [0.2, 0.25) is 0 Å². The molecule has 3 heterocycles. The van der Waals surface area contributed by atoms with Gasteiger partial charge in [0.25, 0.3) is 0 Å². The topological polar surface area (TPSA) is 79.9 Å². The molecule has 0 saturated heterocycles. The Morgan fingerprint density at radius 3 is 2.71 bits per heavy atom. The van der Waals surface area contributed by atoms with E-state index in [0.29, 0.717) is 17.6 Å². The molecule has 9 heteroatoms. The number of nitrogens with zero attached hydrogens (tertiary/aromatic N) is 2. The molecule has 0 bridgehead atoms. The van der Waals surface area contributed by atoms with Gasteiger partial charge in [-0.2, -0.15) is 0 Å². The maximum atomic E-state index is 15.1. The third-order valence-corrected chi connectivity index (χ3v) is 6.50. The molecule has 0 aliphatic carbocycles. The van der Waals surface area contributed by atoms with Gasteiger partial charge in [-0.15, -0.1) is 0 Å². The fourth-order valence-corrected chi connectivity index (χ4v) is 4.31. The highest BCUT2D eigenvalue weighted by molar-refractivity contribution is 8.00. The maximum absolute atomic E-state index is 15.1. The standard InChI is InChI=1S/C26H26F2N4O2S/c1-3-11-35-32-22-9-8-21(27)23(24(22)28)25(33)20-15-31-26-19(20)12-17(14-30-26)16-6-7-18(29-13-16)5-4-10-34-2/h6-9,12-15,32H,3-5,10-11H2,1-2H3,(H,30,31). The van der Waals surface area contributed by atoms with Crippen molar-refractivity contribution in [2.45, 2.75) is 26.2 Å². The minimum Gasteiger partial charge on any atom is -0.385 e. The number of ether oxygens (including phenoxy) is 1. The highest BCUT2D eigenvalue weighted by Gasteiger charge is 2.24. The molecular formula is C26H26F2N4O2S. The zero-order valence-electron chi connectivity index (χ0n) is 19.5. The number of rotatable bonds is 11. The Hall–Kier alpha value is -3.30. The number of aromatic nitrogens is 3. The van der Waals surface area contributed by atoms with Crippen molar-refractivity contribution < 1.29 is 18.3 Å². The molecule has 4 aromatic rings. The molecular weight excluding hydrogens is 470 g/mol. The van der Waals surface area contributed by atoms with E-state index < -0.39 is 23.0 Å². The predicted octanol–water partition coefficient (Wildman–Crippen LogP) is 6.18. The lowest BCUT2D eigenvalue weighted by molar-refractivity contribution is 0.103. The molecule has 4 rings (SSSR count). The SMILES string of the molecule is CCCSNc1ccc(F)c(C(=O)c2c[nH]c3ncc(-c4ccc(CCCOC)nc4)cc23)c1F. The Morgan fingerprint density at radius 1 is 1.14 bits per heavy atom. The minimum absolute atomic E-state index is 0.0727. The number of benzene rings is 1. The van der Waals surface area contributed by atoms with Crippen LogP contribution in [0.5, 0.6) is 0 Å². The van der Waals surface area contributed by atoms with Gasteiger partial charge in [0.2, 0.25) is 5.78 Å². The fourth-order valence-electron chi connectivity index (χ4n) is 3.69. The van der Waals surface area contributed by atoms with E-state index in [1.165, 1.54) is 24.2 Å². The number of ketones is 1. The molecule has 0 saturated carbocycles. The number of carbonyl (C=O) groups excluding carboxylic acids is 1. The van der Waals surface area contributed by atoms with Crippen LogP contribution in [0.3, 0.4) is 0 Å². The first-order valence-electron chi connectivity index (χ1n) is 11.3. The zero-order valence-corrected chi connectivity index (χ0v) is 20.3. The van der Waals surface area contributed by atoms with Gasteiger partial charge < -0.3 is 14.4 Å². The number of hydrogen-bond donors (Lipinski definition) is 2. The highest BCUT2D eigenvalue weighted by atomic mass is 32.2. The highest BCUT2D eigenvalue weighted by Crippen LogP contribution is 2.30. The number of nitrogens with one attached hydrogen (secondary N) is 2. The van der Waals surface area contributed by atoms with E-state index in [4.69, 9.17) is 4.74 Å². The summed E-state index contributed by atoms with van der Waals surface area (Å²) >= 11 is 1.30. The van der Waals surface area contributed by atoms with Crippen LogP contribution in [0.15, 0.2) is 48.9 Å². The molecule has 6 nitrogen and oxygen atoms in total. The summed E-state index contributed by atoms with van der Waals surface area (Å²) in [7, 11) is 1.67. The molecule has 0 aliphatic heterocycles. The monoisotopic (exact) mass is 496 g/mol. The van der Waals surface area contributed by atoms with E-state index in [-0.39, 0.29) is 11.3 Å². The number of halogens is 2. The molecule has 2 N–H and O–H groups in total. The average Bonchev–Trinajstić information content (AvgIpc) is 3.29. The van der Waals surface area contributed by atoms with Crippen LogP contribution in [0.4, 0.5) is 14.5 Å². The van der Waals surface area contributed by atoms with E-state index >= 15 is 4.39 Å². The summed E-state index contributed by atoms with van der Waals surface area (Å²) < 4.78 is 37.7. The lowest BCUT2D eigenvalue weighted by atomic mass is 10.00. The second-order valence-electron chi connectivity index (χ2n) is 8.02. The second-order valence-corrected chi connectivity index (χ2v) is 8.92. The first-order chi connectivity index (χ1) is 17.0. The van der Waals surface area contributed by atoms with Gasteiger partial charge in [0, 0.05) is 65.8 Å². The van der Waals surface area contributed by atoms with Crippen LogP contribution in [0, 0.1) is 11.6 Å². The molecule has 0 amide bonds. The Labute approximate surface area is 206 Å². The number of methoxy groups -OCH3 is 1. The van der Waals surface area contributed by atoms with E-state index in [0.717, 1.165) is 47.9 Å². The van der Waals surface area contributed by atoms with Crippen LogP contribution in [-0.4, -0.2) is 40.2 Å². The molecule has 3 aromatic heterocycles. The Balaban J connectivity index is 1.64. The van der Waals surface area contributed by atoms with Crippen LogP contribution in [0.25, 0.3) is 22.2 Å². The third-order valence-electron chi connectivity index (χ3n) is 5.52. The van der Waals surface area contributed by atoms with E-state index in [1.807, 2.05) is 19.1 Å². The van der Waals surface area contributed by atoms with Gasteiger partial charge in [-0.25, -0.2) is 13.8 Å². The summed E-state index contributed by atoms with van der Waals surface area (Å²) in [5.74, 6) is -1.82. The minimum atomic E-state index is -0.912. The number of aromatic amines is 1. The molecule has 0 radical (unpaired) electrons. The Morgan fingerprint density at radius 2 is 1.97 bits per heavy atom. The number of hydrogen-bond acceptors (Lipinski definition) is 6. The number of aryl methyl sites for hydroxylation is 1. The molecule has 182 valence electrons. The van der Waals surface area contributed by atoms with Crippen LogP contribution >= 0.6 is 11.9 Å².